The number of carbonyl (C=O) groups excluding carboxylic acids is 3. The average molecular weight is 715 g/mol. The number of rotatable bonds is 7. The van der Waals surface area contributed by atoms with E-state index >= 15 is 0 Å². The molecule has 4 N–H and O–H groups in total. The van der Waals surface area contributed by atoms with Crippen molar-refractivity contribution in [2.75, 3.05) is 49.3 Å². The van der Waals surface area contributed by atoms with Crippen molar-refractivity contribution in [2.24, 2.45) is 5.92 Å². The molecule has 0 aliphatic carbocycles. The number of fused-ring (bicyclic) bond motifs is 2. The van der Waals surface area contributed by atoms with Gasteiger partial charge in [0.2, 0.25) is 0 Å². The van der Waals surface area contributed by atoms with E-state index in [-0.39, 0.29) is 49.2 Å². The highest BCUT2D eigenvalue weighted by Crippen LogP contribution is 2.29. The van der Waals surface area contributed by atoms with Crippen LogP contribution in [0.3, 0.4) is 0 Å². The molecule has 13 nitrogen and oxygen atoms in total. The minimum atomic E-state index is -0.555. The van der Waals surface area contributed by atoms with Gasteiger partial charge in [-0.15, -0.1) is 0 Å². The Morgan fingerprint density at radius 2 is 1.81 bits per heavy atom. The molecule has 0 saturated heterocycles. The highest BCUT2D eigenvalue weighted by Gasteiger charge is 2.31. The molecule has 0 saturated carbocycles. The molecule has 4 atom stereocenters. The minimum Gasteiger partial charge on any atom is -0.490 e. The van der Waals surface area contributed by atoms with Crippen LogP contribution in [0.4, 0.5) is 26.7 Å². The molecule has 52 heavy (non-hydrogen) atoms. The number of aliphatic hydroxyl groups excluding tert-OH is 1. The molecule has 0 fully saturated rings. The zero-order chi connectivity index (χ0) is 37.4. The minimum absolute atomic E-state index is 0.210. The van der Waals surface area contributed by atoms with Crippen LogP contribution >= 0.6 is 0 Å². The predicted octanol–water partition coefficient (Wildman–Crippen LogP) is 7.05. The molecule has 1 aliphatic rings. The Kier molecular flexibility index (Phi) is 12.7. The third-order valence-corrected chi connectivity index (χ3v) is 9.41. The van der Waals surface area contributed by atoms with E-state index in [1.165, 1.54) is 0 Å². The summed E-state index contributed by atoms with van der Waals surface area (Å²) in [4.78, 5) is 44.1. The van der Waals surface area contributed by atoms with Crippen molar-refractivity contribution in [3.63, 3.8) is 0 Å². The number of likely N-dealkylation sites (N-methyl/N-ethyl adjacent to an activating group) is 1. The van der Waals surface area contributed by atoms with Gasteiger partial charge in [-0.25, -0.2) is 9.59 Å². The van der Waals surface area contributed by atoms with Crippen LogP contribution in [0.15, 0.2) is 65.2 Å². The van der Waals surface area contributed by atoms with Crippen LogP contribution in [-0.4, -0.2) is 89.6 Å². The maximum atomic E-state index is 14.5. The van der Waals surface area contributed by atoms with Gasteiger partial charge in [0.25, 0.3) is 5.91 Å². The first-order valence-electron chi connectivity index (χ1n) is 17.8. The second kappa shape index (κ2) is 17.4. The Morgan fingerprint density at radius 1 is 1.04 bits per heavy atom. The monoisotopic (exact) mass is 714 g/mol. The number of hydrogen-bond acceptors (Lipinski definition) is 8. The van der Waals surface area contributed by atoms with Crippen molar-refractivity contribution in [3.05, 3.63) is 77.7 Å². The third-order valence-electron chi connectivity index (χ3n) is 9.41. The van der Waals surface area contributed by atoms with Gasteiger partial charge < -0.3 is 44.9 Å². The third kappa shape index (κ3) is 9.39. The van der Waals surface area contributed by atoms with Gasteiger partial charge >= 0.3 is 12.1 Å². The van der Waals surface area contributed by atoms with Crippen molar-refractivity contribution in [3.8, 4) is 5.75 Å². The zero-order valence-corrected chi connectivity index (χ0v) is 30.8. The number of amides is 5. The van der Waals surface area contributed by atoms with Crippen LogP contribution in [0.25, 0.3) is 10.8 Å². The Hall–Kier alpha value is -5.14. The molecule has 1 aliphatic heterocycles. The highest BCUT2D eigenvalue weighted by atomic mass is 16.5. The summed E-state index contributed by atoms with van der Waals surface area (Å²) in [6, 6.07) is 17.3. The van der Waals surface area contributed by atoms with Gasteiger partial charge in [-0.1, -0.05) is 48.5 Å². The summed E-state index contributed by atoms with van der Waals surface area (Å²) >= 11 is 0. The van der Waals surface area contributed by atoms with Crippen LogP contribution in [-0.2, 0) is 4.74 Å². The fourth-order valence-corrected chi connectivity index (χ4v) is 6.30. The lowest BCUT2D eigenvalue weighted by Gasteiger charge is -2.35. The lowest BCUT2D eigenvalue weighted by atomic mass is 10.0. The van der Waals surface area contributed by atoms with E-state index in [1.807, 2.05) is 56.3 Å². The lowest BCUT2D eigenvalue weighted by molar-refractivity contribution is -0.0115. The van der Waals surface area contributed by atoms with Gasteiger partial charge in [-0.05, 0) is 76.6 Å². The number of nitrogens with one attached hydrogen (secondary N) is 3. The van der Waals surface area contributed by atoms with Crippen LogP contribution < -0.4 is 20.7 Å². The van der Waals surface area contributed by atoms with Crippen molar-refractivity contribution < 1.29 is 33.5 Å². The number of anilines is 3. The van der Waals surface area contributed by atoms with Crippen LogP contribution in [0, 0.1) is 19.8 Å². The number of nitrogens with zero attached hydrogens (tertiary/aromatic N) is 3. The number of aryl methyl sites for hydroxylation is 2. The number of benzene rings is 3. The number of urea groups is 2. The molecule has 5 amide bonds. The van der Waals surface area contributed by atoms with E-state index in [0.29, 0.717) is 40.9 Å². The van der Waals surface area contributed by atoms with Gasteiger partial charge in [-0.2, -0.15) is 0 Å². The molecule has 0 unspecified atom stereocenters. The summed E-state index contributed by atoms with van der Waals surface area (Å²) in [6.45, 7) is 9.83. The van der Waals surface area contributed by atoms with Gasteiger partial charge in [0.15, 0.2) is 5.76 Å². The molecule has 0 spiro atoms. The Bertz CT molecular complexity index is 1840. The van der Waals surface area contributed by atoms with Crippen molar-refractivity contribution in [1.82, 2.24) is 15.0 Å². The predicted molar refractivity (Wildman–Crippen MR) is 201 cm³/mol. The molecular formula is C39H50N6O7. The normalized spacial score (nSPS) is 19.2. The molecule has 2 heterocycles. The fraction of sp³-hybridized carbons (Fsp3) is 0.436. The summed E-state index contributed by atoms with van der Waals surface area (Å²) in [7, 11) is 1.73. The Labute approximate surface area is 304 Å². The van der Waals surface area contributed by atoms with Crippen molar-refractivity contribution in [2.45, 2.75) is 72.1 Å². The summed E-state index contributed by atoms with van der Waals surface area (Å²) in [6.07, 6.45) is 1.72. The number of aliphatic hydroxyl groups is 1. The second-order valence-corrected chi connectivity index (χ2v) is 13.6. The fourth-order valence-electron chi connectivity index (χ4n) is 6.30. The summed E-state index contributed by atoms with van der Waals surface area (Å²) in [5.74, 6) is 0.241. The Morgan fingerprint density at radius 3 is 2.56 bits per heavy atom. The van der Waals surface area contributed by atoms with Crippen LogP contribution in [0.1, 0.15) is 61.8 Å². The highest BCUT2D eigenvalue weighted by molar-refractivity contribution is 6.03. The number of aromatic nitrogens is 1. The maximum Gasteiger partial charge on any atom is 0.323 e. The van der Waals surface area contributed by atoms with Gasteiger partial charge in [0.05, 0.1) is 36.1 Å². The number of ether oxygens (including phenoxy) is 2. The van der Waals surface area contributed by atoms with E-state index in [2.05, 4.69) is 21.1 Å². The quantitative estimate of drug-likeness (QED) is 0.159. The summed E-state index contributed by atoms with van der Waals surface area (Å²) in [5, 5.41) is 24.7. The zero-order valence-electron chi connectivity index (χ0n) is 30.8. The lowest BCUT2D eigenvalue weighted by Crippen LogP contribution is -2.48. The van der Waals surface area contributed by atoms with E-state index in [1.54, 1.807) is 55.8 Å². The largest absolute Gasteiger partial charge is 0.490 e. The molecule has 0 bridgehead atoms. The van der Waals surface area contributed by atoms with Crippen molar-refractivity contribution in [1.29, 1.82) is 0 Å². The van der Waals surface area contributed by atoms with E-state index in [9.17, 15) is 19.5 Å². The topological polar surface area (TPSA) is 158 Å². The first-order chi connectivity index (χ1) is 24.9. The van der Waals surface area contributed by atoms with Crippen LogP contribution in [0.5, 0.6) is 5.75 Å². The molecule has 1 aromatic heterocycles. The molecule has 278 valence electrons. The first-order valence-corrected chi connectivity index (χ1v) is 17.8. The molecule has 5 rings (SSSR count). The molecule has 3 aromatic carbocycles. The summed E-state index contributed by atoms with van der Waals surface area (Å²) < 4.78 is 17.9. The van der Waals surface area contributed by atoms with Crippen LogP contribution in [0.2, 0.25) is 0 Å². The van der Waals surface area contributed by atoms with Gasteiger partial charge in [0.1, 0.15) is 17.1 Å². The number of carbonyl (C=O) groups is 3. The molecule has 4 aromatic rings. The van der Waals surface area contributed by atoms with E-state index in [4.69, 9.17) is 14.0 Å². The van der Waals surface area contributed by atoms with Gasteiger partial charge in [-0.3, -0.25) is 4.79 Å². The molecule has 13 heteroatoms. The van der Waals surface area contributed by atoms with E-state index in [0.717, 1.165) is 30.0 Å². The first kappa shape index (κ1) is 38.1. The summed E-state index contributed by atoms with van der Waals surface area (Å²) in [5.41, 5.74) is 2.34. The van der Waals surface area contributed by atoms with Gasteiger partial charge in [0, 0.05) is 43.7 Å². The standard InChI is InChI=1S/C39H50N6O7/c1-24-21-45(25(2)23-46)37(47)32-20-30(40-38(48)42-36-27(4)43-52-28(36)5)17-18-34(32)51-26(3)12-9-10-19-50-35(24)22-44(6)39(49)41-33-16-11-14-29-13-7-8-15-31(29)33/h7-8,11,13-18,20,24-26,35,46H,9-10,12,19,21-23H2,1-6H3,(H,41,49)(H2,40,42,48)/t24-,25+,26-,35+/m1/s1. The average Bonchev–Trinajstić information content (AvgIpc) is 3.44. The van der Waals surface area contributed by atoms with Crippen molar-refractivity contribution >= 4 is 45.8 Å². The van der Waals surface area contributed by atoms with E-state index < -0.39 is 18.2 Å². The molecular weight excluding hydrogens is 664 g/mol. The molecule has 0 radical (unpaired) electrons. The Balaban J connectivity index is 1.37. The second-order valence-electron chi connectivity index (χ2n) is 13.6. The smallest absolute Gasteiger partial charge is 0.323 e. The SMILES string of the molecule is Cc1noc(C)c1NC(=O)Nc1ccc2c(c1)C(=O)N([C@@H](C)CO)C[C@@H](C)[C@H](CN(C)C(=O)Nc1cccc3ccccc13)OCCCC[C@@H](C)O2. The maximum absolute atomic E-state index is 14.5. The number of hydrogen-bond donors (Lipinski definition) is 4.